The molecule has 1 aliphatic heterocycles. The Labute approximate surface area is 155 Å². The fourth-order valence-corrected chi connectivity index (χ4v) is 3.83. The summed E-state index contributed by atoms with van der Waals surface area (Å²) in [4.78, 5) is 26.4. The van der Waals surface area contributed by atoms with Gasteiger partial charge in [0.05, 0.1) is 6.42 Å². The predicted octanol–water partition coefficient (Wildman–Crippen LogP) is 2.56. The first-order valence-electron chi connectivity index (χ1n) is 9.73. The highest BCUT2D eigenvalue weighted by atomic mass is 16.3. The predicted molar refractivity (Wildman–Crippen MR) is 100.0 cm³/mol. The van der Waals surface area contributed by atoms with E-state index < -0.39 is 0 Å². The molecular formula is C20H29N3O3. The van der Waals surface area contributed by atoms with Gasteiger partial charge in [0.2, 0.25) is 5.91 Å². The first-order chi connectivity index (χ1) is 12.6. The quantitative estimate of drug-likeness (QED) is 0.773. The maximum atomic E-state index is 12.4. The number of hydrogen-bond donors (Lipinski definition) is 3. The molecule has 6 nitrogen and oxygen atoms in total. The molecular weight excluding hydrogens is 330 g/mol. The van der Waals surface area contributed by atoms with Gasteiger partial charge in [0.1, 0.15) is 5.75 Å². The van der Waals surface area contributed by atoms with Crippen LogP contribution in [0, 0.1) is 0 Å². The Kier molecular flexibility index (Phi) is 6.36. The zero-order valence-electron chi connectivity index (χ0n) is 15.2. The number of hydrogen-bond acceptors (Lipinski definition) is 3. The Morgan fingerprint density at radius 1 is 0.923 bits per heavy atom. The molecule has 0 bridgehead atoms. The molecule has 3 rings (SSSR count). The van der Waals surface area contributed by atoms with Crippen molar-refractivity contribution in [2.24, 2.45) is 0 Å². The van der Waals surface area contributed by atoms with E-state index in [-0.39, 0.29) is 23.7 Å². The monoisotopic (exact) mass is 359 g/mol. The summed E-state index contributed by atoms with van der Waals surface area (Å²) in [6, 6.07) is 7.14. The minimum absolute atomic E-state index is 0.0641. The Hall–Kier alpha value is -2.24. The van der Waals surface area contributed by atoms with Crippen molar-refractivity contribution in [3.8, 4) is 5.75 Å². The molecule has 1 saturated carbocycles. The number of phenolic OH excluding ortho intramolecular Hbond substituents is 1. The zero-order chi connectivity index (χ0) is 18.4. The summed E-state index contributed by atoms with van der Waals surface area (Å²) < 4.78 is 0. The number of phenols is 1. The summed E-state index contributed by atoms with van der Waals surface area (Å²) >= 11 is 0. The van der Waals surface area contributed by atoms with Gasteiger partial charge in [-0.25, -0.2) is 4.79 Å². The molecule has 6 heteroatoms. The smallest absolute Gasteiger partial charge is 0.315 e. The van der Waals surface area contributed by atoms with Gasteiger partial charge < -0.3 is 20.6 Å². The van der Waals surface area contributed by atoms with E-state index in [1.807, 2.05) is 4.90 Å². The maximum absolute atomic E-state index is 12.4. The highest BCUT2D eigenvalue weighted by molar-refractivity contribution is 5.79. The standard InChI is InChI=1S/C20H29N3O3/c24-18-8-6-15(7-9-18)14-19(25)23-12-10-17(11-13-23)22-20(26)21-16-4-2-1-3-5-16/h6-9,16-17,24H,1-5,10-14H2,(H2,21,22,26). The number of carbonyl (C=O) groups excluding carboxylic acids is 2. The van der Waals surface area contributed by atoms with Crippen LogP contribution in [0.1, 0.15) is 50.5 Å². The number of nitrogens with zero attached hydrogens (tertiary/aromatic N) is 1. The van der Waals surface area contributed by atoms with E-state index in [1.54, 1.807) is 24.3 Å². The molecule has 1 aliphatic carbocycles. The minimum Gasteiger partial charge on any atom is -0.508 e. The van der Waals surface area contributed by atoms with Gasteiger partial charge in [0, 0.05) is 25.2 Å². The van der Waals surface area contributed by atoms with E-state index in [9.17, 15) is 14.7 Å². The normalized spacial score (nSPS) is 19.2. The second kappa shape index (κ2) is 8.92. The SMILES string of the molecule is O=C(NC1CCCCC1)NC1CCN(C(=O)Cc2ccc(O)cc2)CC1. The number of nitrogens with one attached hydrogen (secondary N) is 2. The molecule has 0 spiro atoms. The van der Waals surface area contributed by atoms with Gasteiger partial charge in [-0.1, -0.05) is 31.4 Å². The lowest BCUT2D eigenvalue weighted by molar-refractivity contribution is -0.131. The van der Waals surface area contributed by atoms with Gasteiger partial charge in [-0.15, -0.1) is 0 Å². The number of urea groups is 1. The fraction of sp³-hybridized carbons (Fsp3) is 0.600. The Morgan fingerprint density at radius 2 is 1.50 bits per heavy atom. The molecule has 2 fully saturated rings. The summed E-state index contributed by atoms with van der Waals surface area (Å²) in [7, 11) is 0. The number of aromatic hydroxyl groups is 1. The highest BCUT2D eigenvalue weighted by Gasteiger charge is 2.24. The van der Waals surface area contributed by atoms with E-state index in [4.69, 9.17) is 0 Å². The third-order valence-corrected chi connectivity index (χ3v) is 5.41. The van der Waals surface area contributed by atoms with E-state index in [2.05, 4.69) is 10.6 Å². The van der Waals surface area contributed by atoms with Crippen LogP contribution < -0.4 is 10.6 Å². The van der Waals surface area contributed by atoms with Gasteiger partial charge in [0.25, 0.3) is 0 Å². The lowest BCUT2D eigenvalue weighted by Crippen LogP contribution is -2.51. The Balaban J connectivity index is 1.38. The third-order valence-electron chi connectivity index (χ3n) is 5.41. The van der Waals surface area contributed by atoms with Gasteiger partial charge in [-0.3, -0.25) is 4.79 Å². The number of piperidine rings is 1. The average Bonchev–Trinajstić information content (AvgIpc) is 2.65. The number of rotatable bonds is 4. The Bertz CT molecular complexity index is 603. The van der Waals surface area contributed by atoms with Gasteiger partial charge >= 0.3 is 6.03 Å². The van der Waals surface area contributed by atoms with Crippen LogP contribution in [-0.2, 0) is 11.2 Å². The molecule has 2 aliphatic rings. The topological polar surface area (TPSA) is 81.7 Å². The van der Waals surface area contributed by atoms with Gasteiger partial charge in [-0.2, -0.15) is 0 Å². The molecule has 1 aromatic carbocycles. The summed E-state index contributed by atoms with van der Waals surface area (Å²) in [5.41, 5.74) is 0.903. The maximum Gasteiger partial charge on any atom is 0.315 e. The summed E-state index contributed by atoms with van der Waals surface area (Å²) in [6.07, 6.45) is 7.77. The van der Waals surface area contributed by atoms with Crippen molar-refractivity contribution in [1.29, 1.82) is 0 Å². The molecule has 0 radical (unpaired) electrons. The summed E-state index contributed by atoms with van der Waals surface area (Å²) in [5.74, 6) is 0.306. The highest BCUT2D eigenvalue weighted by Crippen LogP contribution is 2.18. The first kappa shape index (κ1) is 18.5. The van der Waals surface area contributed by atoms with Crippen LogP contribution in [0.25, 0.3) is 0 Å². The molecule has 26 heavy (non-hydrogen) atoms. The van der Waals surface area contributed by atoms with Crippen molar-refractivity contribution in [1.82, 2.24) is 15.5 Å². The van der Waals surface area contributed by atoms with Crippen molar-refractivity contribution < 1.29 is 14.7 Å². The molecule has 1 heterocycles. The molecule has 3 N–H and O–H groups in total. The van der Waals surface area contributed by atoms with E-state index in [0.29, 0.717) is 25.6 Å². The lowest BCUT2D eigenvalue weighted by atomic mass is 9.96. The number of likely N-dealkylation sites (tertiary alicyclic amines) is 1. The Morgan fingerprint density at radius 3 is 2.12 bits per heavy atom. The second-order valence-electron chi connectivity index (χ2n) is 7.45. The lowest BCUT2D eigenvalue weighted by Gasteiger charge is -2.33. The molecule has 142 valence electrons. The van der Waals surface area contributed by atoms with Crippen LogP contribution in [0.2, 0.25) is 0 Å². The minimum atomic E-state index is -0.0641. The van der Waals surface area contributed by atoms with Crippen molar-refractivity contribution >= 4 is 11.9 Å². The van der Waals surface area contributed by atoms with Gasteiger partial charge in [0.15, 0.2) is 0 Å². The van der Waals surface area contributed by atoms with Crippen LogP contribution in [0.3, 0.4) is 0 Å². The zero-order valence-corrected chi connectivity index (χ0v) is 15.2. The average molecular weight is 359 g/mol. The number of carbonyl (C=O) groups is 2. The van der Waals surface area contributed by atoms with Crippen molar-refractivity contribution in [2.45, 2.75) is 63.5 Å². The third kappa shape index (κ3) is 5.38. The van der Waals surface area contributed by atoms with Crippen LogP contribution >= 0.6 is 0 Å². The number of amides is 3. The molecule has 1 saturated heterocycles. The van der Waals surface area contributed by atoms with E-state index in [0.717, 1.165) is 31.2 Å². The molecule has 3 amide bonds. The van der Waals surface area contributed by atoms with Gasteiger partial charge in [-0.05, 0) is 43.4 Å². The van der Waals surface area contributed by atoms with Crippen LogP contribution in [0.5, 0.6) is 5.75 Å². The molecule has 0 atom stereocenters. The molecule has 1 aromatic rings. The van der Waals surface area contributed by atoms with Crippen molar-refractivity contribution in [2.75, 3.05) is 13.1 Å². The summed E-state index contributed by atoms with van der Waals surface area (Å²) in [5, 5.41) is 15.5. The fourth-order valence-electron chi connectivity index (χ4n) is 3.83. The number of benzene rings is 1. The van der Waals surface area contributed by atoms with E-state index in [1.165, 1.54) is 19.3 Å². The van der Waals surface area contributed by atoms with Crippen LogP contribution in [0.15, 0.2) is 24.3 Å². The summed E-state index contributed by atoms with van der Waals surface area (Å²) in [6.45, 7) is 1.34. The van der Waals surface area contributed by atoms with Crippen molar-refractivity contribution in [3.63, 3.8) is 0 Å². The van der Waals surface area contributed by atoms with Crippen LogP contribution in [-0.4, -0.2) is 47.1 Å². The molecule has 0 unspecified atom stereocenters. The second-order valence-corrected chi connectivity index (χ2v) is 7.45. The first-order valence-corrected chi connectivity index (χ1v) is 9.73. The van der Waals surface area contributed by atoms with E-state index >= 15 is 0 Å². The molecule has 0 aromatic heterocycles. The van der Waals surface area contributed by atoms with Crippen LogP contribution in [0.4, 0.5) is 4.79 Å². The largest absolute Gasteiger partial charge is 0.508 e. The van der Waals surface area contributed by atoms with Crippen molar-refractivity contribution in [3.05, 3.63) is 29.8 Å².